The summed E-state index contributed by atoms with van der Waals surface area (Å²) in [5.74, 6) is 0. The summed E-state index contributed by atoms with van der Waals surface area (Å²) in [5.41, 5.74) is 0.958. The SMILES string of the molecule is CC(C)(C)CCC(O)c1ccc(S(C)(=O)=O)cc1. The Morgan fingerprint density at radius 1 is 1.17 bits per heavy atom. The predicted octanol–water partition coefficient (Wildman–Crippen LogP) is 2.95. The second-order valence-corrected chi connectivity index (χ2v) is 7.97. The minimum atomic E-state index is -3.16. The van der Waals surface area contributed by atoms with Crippen LogP contribution in [0.2, 0.25) is 0 Å². The summed E-state index contributed by atoms with van der Waals surface area (Å²) in [6.45, 7) is 6.39. The van der Waals surface area contributed by atoms with Crippen molar-refractivity contribution in [1.82, 2.24) is 0 Å². The smallest absolute Gasteiger partial charge is 0.175 e. The monoisotopic (exact) mass is 270 g/mol. The minimum absolute atomic E-state index is 0.188. The lowest BCUT2D eigenvalue weighted by Gasteiger charge is -2.20. The molecular formula is C14H22O3S. The predicted molar refractivity (Wildman–Crippen MR) is 73.2 cm³/mol. The number of aliphatic hydroxyl groups is 1. The van der Waals surface area contributed by atoms with E-state index in [-0.39, 0.29) is 10.3 Å². The highest BCUT2D eigenvalue weighted by molar-refractivity contribution is 7.90. The highest BCUT2D eigenvalue weighted by Crippen LogP contribution is 2.27. The second kappa shape index (κ2) is 5.41. The average Bonchev–Trinajstić information content (AvgIpc) is 2.24. The van der Waals surface area contributed by atoms with Crippen LogP contribution in [0, 0.1) is 5.41 Å². The fraction of sp³-hybridized carbons (Fsp3) is 0.571. The van der Waals surface area contributed by atoms with Crippen molar-refractivity contribution in [3.05, 3.63) is 29.8 Å². The summed E-state index contributed by atoms with van der Waals surface area (Å²) in [5, 5.41) is 10.0. The van der Waals surface area contributed by atoms with Gasteiger partial charge in [-0.05, 0) is 36.0 Å². The van der Waals surface area contributed by atoms with Gasteiger partial charge in [0, 0.05) is 6.26 Å². The zero-order valence-electron chi connectivity index (χ0n) is 11.5. The van der Waals surface area contributed by atoms with Crippen molar-refractivity contribution in [2.45, 2.75) is 44.6 Å². The molecule has 1 rings (SSSR count). The number of hydrogen-bond acceptors (Lipinski definition) is 3. The largest absolute Gasteiger partial charge is 0.388 e. The Morgan fingerprint density at radius 3 is 2.06 bits per heavy atom. The standard InChI is InChI=1S/C14H22O3S/c1-14(2,3)10-9-13(15)11-5-7-12(8-6-11)18(4,16)17/h5-8,13,15H,9-10H2,1-4H3. The Kier molecular flexibility index (Phi) is 4.56. The van der Waals surface area contributed by atoms with E-state index in [4.69, 9.17) is 0 Å². The summed E-state index contributed by atoms with van der Waals surface area (Å²) in [6, 6.07) is 6.46. The van der Waals surface area contributed by atoms with Gasteiger partial charge in [-0.3, -0.25) is 0 Å². The maximum atomic E-state index is 11.3. The lowest BCUT2D eigenvalue weighted by atomic mass is 9.88. The molecule has 0 fully saturated rings. The molecule has 1 aromatic rings. The van der Waals surface area contributed by atoms with E-state index in [1.54, 1.807) is 24.3 Å². The topological polar surface area (TPSA) is 54.4 Å². The molecule has 4 heteroatoms. The zero-order valence-corrected chi connectivity index (χ0v) is 12.3. The molecule has 1 atom stereocenters. The lowest BCUT2D eigenvalue weighted by molar-refractivity contribution is 0.147. The summed E-state index contributed by atoms with van der Waals surface area (Å²) < 4.78 is 22.6. The fourth-order valence-corrected chi connectivity index (χ4v) is 2.30. The van der Waals surface area contributed by atoms with Crippen LogP contribution in [0.25, 0.3) is 0 Å². The van der Waals surface area contributed by atoms with E-state index in [1.807, 2.05) is 0 Å². The van der Waals surface area contributed by atoms with Crippen molar-refractivity contribution < 1.29 is 13.5 Å². The van der Waals surface area contributed by atoms with Crippen molar-refractivity contribution in [2.24, 2.45) is 5.41 Å². The number of rotatable bonds is 4. The average molecular weight is 270 g/mol. The maximum absolute atomic E-state index is 11.3. The van der Waals surface area contributed by atoms with Crippen molar-refractivity contribution in [1.29, 1.82) is 0 Å². The van der Waals surface area contributed by atoms with Crippen LogP contribution in [0.5, 0.6) is 0 Å². The third-order valence-corrected chi connectivity index (χ3v) is 3.99. The highest BCUT2D eigenvalue weighted by Gasteiger charge is 2.15. The van der Waals surface area contributed by atoms with Gasteiger partial charge >= 0.3 is 0 Å². The molecule has 18 heavy (non-hydrogen) atoms. The van der Waals surface area contributed by atoms with Crippen LogP contribution in [0.4, 0.5) is 0 Å². The minimum Gasteiger partial charge on any atom is -0.388 e. The first-order valence-electron chi connectivity index (χ1n) is 6.08. The second-order valence-electron chi connectivity index (χ2n) is 5.96. The van der Waals surface area contributed by atoms with Crippen molar-refractivity contribution >= 4 is 9.84 Å². The maximum Gasteiger partial charge on any atom is 0.175 e. The quantitative estimate of drug-likeness (QED) is 0.915. The van der Waals surface area contributed by atoms with Gasteiger partial charge in [-0.1, -0.05) is 32.9 Å². The molecule has 0 saturated carbocycles. The molecule has 0 aliphatic carbocycles. The van der Waals surface area contributed by atoms with Crippen molar-refractivity contribution in [2.75, 3.05) is 6.26 Å². The Hall–Kier alpha value is -0.870. The number of benzene rings is 1. The third kappa shape index (κ3) is 4.78. The van der Waals surface area contributed by atoms with Gasteiger partial charge < -0.3 is 5.11 Å². The molecule has 0 bridgehead atoms. The summed E-state index contributed by atoms with van der Waals surface area (Å²) in [7, 11) is -3.16. The van der Waals surface area contributed by atoms with E-state index in [2.05, 4.69) is 20.8 Å². The molecule has 3 nitrogen and oxygen atoms in total. The van der Waals surface area contributed by atoms with Crippen LogP contribution >= 0.6 is 0 Å². The van der Waals surface area contributed by atoms with Crippen LogP contribution in [-0.2, 0) is 9.84 Å². The number of sulfone groups is 1. The molecule has 1 unspecified atom stereocenters. The van der Waals surface area contributed by atoms with E-state index in [9.17, 15) is 13.5 Å². The molecule has 102 valence electrons. The highest BCUT2D eigenvalue weighted by atomic mass is 32.2. The van der Waals surface area contributed by atoms with Gasteiger partial charge in [0.05, 0.1) is 11.0 Å². The first-order valence-corrected chi connectivity index (χ1v) is 7.97. The summed E-state index contributed by atoms with van der Waals surface area (Å²) in [4.78, 5) is 0.286. The van der Waals surface area contributed by atoms with E-state index >= 15 is 0 Å². The fourth-order valence-electron chi connectivity index (χ4n) is 1.67. The Morgan fingerprint density at radius 2 is 1.67 bits per heavy atom. The van der Waals surface area contributed by atoms with E-state index in [0.29, 0.717) is 6.42 Å². The Balaban J connectivity index is 2.74. The normalized spacial score (nSPS) is 14.5. The van der Waals surface area contributed by atoms with Crippen LogP contribution in [0.3, 0.4) is 0 Å². The lowest BCUT2D eigenvalue weighted by Crippen LogP contribution is -2.08. The molecule has 0 spiro atoms. The summed E-state index contributed by atoms with van der Waals surface area (Å²) in [6.07, 6.45) is 2.25. The number of hydrogen-bond donors (Lipinski definition) is 1. The molecular weight excluding hydrogens is 248 g/mol. The van der Waals surface area contributed by atoms with E-state index < -0.39 is 15.9 Å². The molecule has 0 aromatic heterocycles. The Bertz CT molecular complexity index is 481. The van der Waals surface area contributed by atoms with Gasteiger partial charge in [-0.2, -0.15) is 0 Å². The molecule has 0 amide bonds. The first kappa shape index (κ1) is 15.2. The van der Waals surface area contributed by atoms with Crippen LogP contribution in [-0.4, -0.2) is 19.8 Å². The molecule has 0 radical (unpaired) electrons. The van der Waals surface area contributed by atoms with E-state index in [0.717, 1.165) is 12.0 Å². The Labute approximate surface area is 110 Å². The van der Waals surface area contributed by atoms with Gasteiger partial charge in [0.1, 0.15) is 0 Å². The molecule has 0 heterocycles. The van der Waals surface area contributed by atoms with Crippen LogP contribution in [0.15, 0.2) is 29.2 Å². The van der Waals surface area contributed by atoms with Crippen molar-refractivity contribution in [3.63, 3.8) is 0 Å². The first-order chi connectivity index (χ1) is 8.09. The van der Waals surface area contributed by atoms with Crippen molar-refractivity contribution in [3.8, 4) is 0 Å². The number of aliphatic hydroxyl groups excluding tert-OH is 1. The van der Waals surface area contributed by atoms with E-state index in [1.165, 1.54) is 6.26 Å². The molecule has 0 aliphatic heterocycles. The van der Waals surface area contributed by atoms with Gasteiger partial charge in [0.25, 0.3) is 0 Å². The molecule has 0 aliphatic rings. The molecule has 0 saturated heterocycles. The molecule has 1 aromatic carbocycles. The summed E-state index contributed by atoms with van der Waals surface area (Å²) >= 11 is 0. The van der Waals surface area contributed by atoms with Gasteiger partial charge in [-0.15, -0.1) is 0 Å². The van der Waals surface area contributed by atoms with Gasteiger partial charge in [0.2, 0.25) is 0 Å². The van der Waals surface area contributed by atoms with Gasteiger partial charge in [-0.25, -0.2) is 8.42 Å². The third-order valence-electron chi connectivity index (χ3n) is 2.86. The van der Waals surface area contributed by atoms with Crippen LogP contribution in [0.1, 0.15) is 45.3 Å². The van der Waals surface area contributed by atoms with Gasteiger partial charge in [0.15, 0.2) is 9.84 Å². The molecule has 1 N–H and O–H groups in total. The van der Waals surface area contributed by atoms with Crippen LogP contribution < -0.4 is 0 Å². The zero-order chi connectivity index (χ0) is 14.0.